The lowest BCUT2D eigenvalue weighted by molar-refractivity contribution is 0.0697. The molecule has 1 aromatic carbocycles. The van der Waals surface area contributed by atoms with Gasteiger partial charge >= 0.3 is 12.0 Å². The van der Waals surface area contributed by atoms with Crippen molar-refractivity contribution < 1.29 is 19.1 Å². The minimum absolute atomic E-state index is 0.0826. The number of hydrogen-bond donors (Lipinski definition) is 3. The quantitative estimate of drug-likeness (QED) is 0.699. The Hall–Kier alpha value is -2.71. The number of piperazine rings is 1. The van der Waals surface area contributed by atoms with Gasteiger partial charge in [0, 0.05) is 39.3 Å². The van der Waals surface area contributed by atoms with E-state index in [9.17, 15) is 9.59 Å². The van der Waals surface area contributed by atoms with Crippen LogP contribution in [0, 0.1) is 0 Å². The SMILES string of the molecule is O=C(NCCN1CCN(c2ccccc2Cl)CC1)Nc1cocc1C(=O)O. The van der Waals surface area contributed by atoms with Gasteiger partial charge in [-0.2, -0.15) is 0 Å². The Morgan fingerprint density at radius 3 is 2.59 bits per heavy atom. The normalized spacial score (nSPS) is 14.8. The zero-order valence-electron chi connectivity index (χ0n) is 14.7. The summed E-state index contributed by atoms with van der Waals surface area (Å²) in [5.41, 5.74) is 1.10. The Morgan fingerprint density at radius 1 is 1.15 bits per heavy atom. The van der Waals surface area contributed by atoms with Crippen molar-refractivity contribution in [2.45, 2.75) is 0 Å². The van der Waals surface area contributed by atoms with E-state index in [1.54, 1.807) is 0 Å². The first-order chi connectivity index (χ1) is 13.0. The molecule has 1 aromatic heterocycles. The van der Waals surface area contributed by atoms with Gasteiger partial charge in [0.15, 0.2) is 0 Å². The number of rotatable bonds is 6. The largest absolute Gasteiger partial charge is 0.477 e. The molecule has 2 aromatic rings. The Kier molecular flexibility index (Phi) is 6.20. The van der Waals surface area contributed by atoms with Gasteiger partial charge in [-0.15, -0.1) is 0 Å². The smallest absolute Gasteiger partial charge is 0.341 e. The van der Waals surface area contributed by atoms with E-state index in [-0.39, 0.29) is 11.3 Å². The monoisotopic (exact) mass is 392 g/mol. The van der Waals surface area contributed by atoms with Crippen LogP contribution in [0.25, 0.3) is 0 Å². The maximum Gasteiger partial charge on any atom is 0.341 e. The van der Waals surface area contributed by atoms with Gasteiger partial charge in [0.05, 0.1) is 16.4 Å². The summed E-state index contributed by atoms with van der Waals surface area (Å²) in [5.74, 6) is -1.16. The van der Waals surface area contributed by atoms with E-state index in [2.05, 4.69) is 20.4 Å². The molecule has 3 N–H and O–H groups in total. The van der Waals surface area contributed by atoms with Crippen LogP contribution in [0.3, 0.4) is 0 Å². The summed E-state index contributed by atoms with van der Waals surface area (Å²) < 4.78 is 4.82. The Balaban J connectivity index is 1.39. The van der Waals surface area contributed by atoms with Crippen molar-refractivity contribution in [1.29, 1.82) is 0 Å². The molecule has 2 heterocycles. The average Bonchev–Trinajstić information content (AvgIpc) is 3.11. The summed E-state index contributed by atoms with van der Waals surface area (Å²) in [4.78, 5) is 27.4. The fourth-order valence-electron chi connectivity index (χ4n) is 2.97. The second kappa shape index (κ2) is 8.79. The van der Waals surface area contributed by atoms with Gasteiger partial charge in [0.1, 0.15) is 18.1 Å². The van der Waals surface area contributed by atoms with Crippen molar-refractivity contribution in [2.75, 3.05) is 49.5 Å². The third-order valence-corrected chi connectivity index (χ3v) is 4.74. The molecule has 1 aliphatic rings. The van der Waals surface area contributed by atoms with E-state index < -0.39 is 12.0 Å². The van der Waals surface area contributed by atoms with Gasteiger partial charge in [-0.1, -0.05) is 23.7 Å². The van der Waals surface area contributed by atoms with E-state index in [4.69, 9.17) is 21.1 Å². The molecule has 0 spiro atoms. The highest BCUT2D eigenvalue weighted by Gasteiger charge is 2.19. The van der Waals surface area contributed by atoms with Crippen LogP contribution in [0.15, 0.2) is 41.2 Å². The number of anilines is 2. The van der Waals surface area contributed by atoms with Gasteiger partial charge in [-0.25, -0.2) is 9.59 Å². The number of nitrogens with zero attached hydrogens (tertiary/aromatic N) is 2. The number of carbonyl (C=O) groups excluding carboxylic acids is 1. The number of aromatic carboxylic acids is 1. The van der Waals surface area contributed by atoms with Crippen molar-refractivity contribution in [3.63, 3.8) is 0 Å². The van der Waals surface area contributed by atoms with Crippen molar-refractivity contribution in [3.05, 3.63) is 47.4 Å². The number of carboxylic acids is 1. The second-order valence-electron chi connectivity index (χ2n) is 6.17. The number of hydrogen-bond acceptors (Lipinski definition) is 5. The van der Waals surface area contributed by atoms with E-state index in [0.717, 1.165) is 43.2 Å². The summed E-state index contributed by atoms with van der Waals surface area (Å²) >= 11 is 6.25. The van der Waals surface area contributed by atoms with Crippen LogP contribution >= 0.6 is 11.6 Å². The first kappa shape index (κ1) is 19.1. The number of urea groups is 1. The molecule has 0 atom stereocenters. The Bertz CT molecular complexity index is 802. The highest BCUT2D eigenvalue weighted by molar-refractivity contribution is 6.33. The molecule has 27 heavy (non-hydrogen) atoms. The molecular weight excluding hydrogens is 372 g/mol. The summed E-state index contributed by atoms with van der Waals surface area (Å²) in [7, 11) is 0. The molecule has 8 nitrogen and oxygen atoms in total. The van der Waals surface area contributed by atoms with Crippen LogP contribution in [0.1, 0.15) is 10.4 Å². The Labute approximate surface area is 161 Å². The van der Waals surface area contributed by atoms with E-state index in [0.29, 0.717) is 13.1 Å². The van der Waals surface area contributed by atoms with Crippen molar-refractivity contribution in [1.82, 2.24) is 10.2 Å². The highest BCUT2D eigenvalue weighted by Crippen LogP contribution is 2.25. The molecule has 2 amide bonds. The molecule has 1 saturated heterocycles. The molecule has 1 aliphatic heterocycles. The molecular formula is C18H21ClN4O4. The maximum atomic E-state index is 11.9. The predicted octanol–water partition coefficient (Wildman–Crippen LogP) is 2.57. The molecule has 3 rings (SSSR count). The van der Waals surface area contributed by atoms with Crippen LogP contribution in [0.2, 0.25) is 5.02 Å². The van der Waals surface area contributed by atoms with E-state index in [1.807, 2.05) is 24.3 Å². The second-order valence-corrected chi connectivity index (χ2v) is 6.57. The van der Waals surface area contributed by atoms with Gasteiger partial charge in [-0.05, 0) is 12.1 Å². The first-order valence-corrected chi connectivity index (χ1v) is 8.98. The number of furan rings is 1. The zero-order valence-corrected chi connectivity index (χ0v) is 15.4. The maximum absolute atomic E-state index is 11.9. The summed E-state index contributed by atoms with van der Waals surface area (Å²) in [6.45, 7) is 4.65. The van der Waals surface area contributed by atoms with E-state index in [1.165, 1.54) is 6.26 Å². The summed E-state index contributed by atoms with van der Waals surface area (Å²) in [6, 6.07) is 7.34. The van der Waals surface area contributed by atoms with Gasteiger partial charge in [0.2, 0.25) is 0 Å². The first-order valence-electron chi connectivity index (χ1n) is 8.61. The zero-order chi connectivity index (χ0) is 19.2. The van der Waals surface area contributed by atoms with Gasteiger partial charge in [-0.3, -0.25) is 4.90 Å². The predicted molar refractivity (Wildman–Crippen MR) is 103 cm³/mol. The van der Waals surface area contributed by atoms with Gasteiger partial charge < -0.3 is 25.1 Å². The molecule has 0 radical (unpaired) electrons. The fraction of sp³-hybridized carbons (Fsp3) is 0.333. The number of carbonyl (C=O) groups is 2. The van der Waals surface area contributed by atoms with Crippen molar-refractivity contribution in [2.24, 2.45) is 0 Å². The van der Waals surface area contributed by atoms with E-state index >= 15 is 0 Å². The molecule has 0 bridgehead atoms. The minimum atomic E-state index is -1.16. The third kappa shape index (κ3) is 4.93. The number of benzene rings is 1. The molecule has 0 unspecified atom stereocenters. The van der Waals surface area contributed by atoms with Crippen LogP contribution < -0.4 is 15.5 Å². The fourth-order valence-corrected chi connectivity index (χ4v) is 3.23. The van der Waals surface area contributed by atoms with Crippen LogP contribution in [0.4, 0.5) is 16.2 Å². The summed E-state index contributed by atoms with van der Waals surface area (Å²) in [5, 5.41) is 14.9. The number of halogens is 1. The number of amides is 2. The van der Waals surface area contributed by atoms with Crippen molar-refractivity contribution in [3.8, 4) is 0 Å². The number of nitrogens with one attached hydrogen (secondary N) is 2. The number of para-hydroxylation sites is 1. The standard InChI is InChI=1S/C18H21ClN4O4/c19-14-3-1-2-4-16(14)23-9-7-22(8-10-23)6-5-20-18(26)21-15-12-27-11-13(15)17(24)25/h1-4,11-12H,5-10H2,(H,24,25)(H2,20,21,26). The lowest BCUT2D eigenvalue weighted by atomic mass is 10.2. The number of carboxylic acid groups (broad SMARTS) is 1. The Morgan fingerprint density at radius 2 is 1.89 bits per heavy atom. The lowest BCUT2D eigenvalue weighted by Crippen LogP contribution is -2.48. The lowest BCUT2D eigenvalue weighted by Gasteiger charge is -2.36. The topological polar surface area (TPSA) is 98.1 Å². The van der Waals surface area contributed by atoms with Crippen LogP contribution in [-0.4, -0.2) is 61.3 Å². The van der Waals surface area contributed by atoms with Gasteiger partial charge in [0.25, 0.3) is 0 Å². The summed E-state index contributed by atoms with van der Waals surface area (Å²) in [6.07, 6.45) is 2.27. The molecule has 144 valence electrons. The molecule has 0 saturated carbocycles. The molecule has 0 aliphatic carbocycles. The third-order valence-electron chi connectivity index (χ3n) is 4.42. The minimum Gasteiger partial charge on any atom is -0.477 e. The highest BCUT2D eigenvalue weighted by atomic mass is 35.5. The average molecular weight is 393 g/mol. The van der Waals surface area contributed by atoms with Crippen LogP contribution in [-0.2, 0) is 0 Å². The molecule has 9 heteroatoms. The molecule has 1 fully saturated rings. The van der Waals surface area contributed by atoms with Crippen molar-refractivity contribution >= 4 is 35.0 Å². The van der Waals surface area contributed by atoms with Crippen LogP contribution in [0.5, 0.6) is 0 Å².